The molecule has 1 N–H and O–H groups in total. The van der Waals surface area contributed by atoms with Crippen molar-refractivity contribution in [3.8, 4) is 0 Å². The smallest absolute Gasteiger partial charge is 0.233 e. The molecule has 1 fully saturated rings. The fourth-order valence-corrected chi connectivity index (χ4v) is 6.29. The Morgan fingerprint density at radius 3 is 2.96 bits per heavy atom. The predicted molar refractivity (Wildman–Crippen MR) is 104 cm³/mol. The minimum atomic E-state index is -0.135. The number of hydrogen-bond acceptors (Lipinski definition) is 5. The van der Waals surface area contributed by atoms with Gasteiger partial charge in [-0.05, 0) is 50.5 Å². The van der Waals surface area contributed by atoms with Gasteiger partial charge in [0.15, 0.2) is 0 Å². The lowest BCUT2D eigenvalue weighted by Gasteiger charge is -2.30. The maximum Gasteiger partial charge on any atom is 0.233 e. The third-order valence-electron chi connectivity index (χ3n) is 5.56. The van der Waals surface area contributed by atoms with Gasteiger partial charge in [-0.2, -0.15) is 0 Å². The Bertz CT molecular complexity index is 788. The van der Waals surface area contributed by atoms with Crippen LogP contribution in [0, 0.1) is 5.92 Å². The number of rotatable bonds is 4. The number of aryl methyl sites for hydroxylation is 2. The summed E-state index contributed by atoms with van der Waals surface area (Å²) in [5.74, 6) is 0.725. The molecule has 6 heteroatoms. The molecule has 2 heterocycles. The van der Waals surface area contributed by atoms with Crippen molar-refractivity contribution in [2.45, 2.75) is 75.1 Å². The van der Waals surface area contributed by atoms with E-state index in [2.05, 4.69) is 22.2 Å². The maximum atomic E-state index is 12.7. The molecule has 1 saturated carbocycles. The van der Waals surface area contributed by atoms with Crippen molar-refractivity contribution in [1.29, 1.82) is 0 Å². The fraction of sp³-hybridized carbons (Fsp3) is 0.632. The molecule has 1 amide bonds. The number of amides is 1. The molecule has 2 aliphatic rings. The lowest BCUT2D eigenvalue weighted by molar-refractivity contribution is -0.121. The van der Waals surface area contributed by atoms with Crippen molar-refractivity contribution in [1.82, 2.24) is 15.3 Å². The van der Waals surface area contributed by atoms with Crippen LogP contribution in [0.5, 0.6) is 0 Å². The van der Waals surface area contributed by atoms with E-state index in [4.69, 9.17) is 0 Å². The third kappa shape index (κ3) is 3.43. The van der Waals surface area contributed by atoms with Crippen molar-refractivity contribution in [3.63, 3.8) is 0 Å². The lowest BCUT2D eigenvalue weighted by atomic mass is 9.86. The first-order valence-electron chi connectivity index (χ1n) is 9.35. The molecule has 0 saturated heterocycles. The molecule has 2 aromatic rings. The summed E-state index contributed by atoms with van der Waals surface area (Å²) >= 11 is 3.38. The molecular weight excluding hydrogens is 350 g/mol. The zero-order valence-corrected chi connectivity index (χ0v) is 16.5. The molecule has 3 unspecified atom stereocenters. The first-order chi connectivity index (χ1) is 12.1. The van der Waals surface area contributed by atoms with E-state index in [9.17, 15) is 4.79 Å². The van der Waals surface area contributed by atoms with Crippen LogP contribution in [-0.2, 0) is 17.6 Å². The molecule has 2 aromatic heterocycles. The number of nitrogens with one attached hydrogen (secondary N) is 1. The summed E-state index contributed by atoms with van der Waals surface area (Å²) in [5.41, 5.74) is 1.43. The summed E-state index contributed by atoms with van der Waals surface area (Å²) in [6, 6.07) is 0.333. The fourth-order valence-electron chi connectivity index (χ4n) is 4.04. The van der Waals surface area contributed by atoms with Crippen LogP contribution in [0.2, 0.25) is 0 Å². The van der Waals surface area contributed by atoms with E-state index in [0.717, 1.165) is 29.1 Å². The van der Waals surface area contributed by atoms with Gasteiger partial charge in [0.05, 0.1) is 5.25 Å². The largest absolute Gasteiger partial charge is 0.352 e. The second-order valence-corrected chi connectivity index (χ2v) is 9.77. The first-order valence-corrected chi connectivity index (χ1v) is 11.1. The van der Waals surface area contributed by atoms with Crippen molar-refractivity contribution < 1.29 is 4.79 Å². The molecule has 0 spiro atoms. The summed E-state index contributed by atoms with van der Waals surface area (Å²) in [4.78, 5) is 24.2. The van der Waals surface area contributed by atoms with Gasteiger partial charge in [0.25, 0.3) is 0 Å². The van der Waals surface area contributed by atoms with Crippen molar-refractivity contribution in [2.75, 3.05) is 0 Å². The highest BCUT2D eigenvalue weighted by molar-refractivity contribution is 8.00. The third-order valence-corrected chi connectivity index (χ3v) is 7.86. The van der Waals surface area contributed by atoms with E-state index in [1.54, 1.807) is 29.4 Å². The SMILES string of the molecule is CC(Sc1ncnc2sc3c(c12)CCC3)C(=O)NC1CCCCC1C. The van der Waals surface area contributed by atoms with E-state index in [-0.39, 0.29) is 11.2 Å². The molecule has 134 valence electrons. The summed E-state index contributed by atoms with van der Waals surface area (Å²) in [5, 5.41) is 5.33. The highest BCUT2D eigenvalue weighted by atomic mass is 32.2. The number of nitrogens with zero attached hydrogens (tertiary/aromatic N) is 2. The first kappa shape index (κ1) is 17.3. The Labute approximate surface area is 157 Å². The summed E-state index contributed by atoms with van der Waals surface area (Å²) < 4.78 is 0. The average Bonchev–Trinajstić information content (AvgIpc) is 3.18. The second kappa shape index (κ2) is 7.23. The summed E-state index contributed by atoms with van der Waals surface area (Å²) in [6.07, 6.45) is 10.0. The number of thioether (sulfide) groups is 1. The van der Waals surface area contributed by atoms with Gasteiger partial charge in [-0.3, -0.25) is 4.79 Å². The second-order valence-electron chi connectivity index (χ2n) is 7.35. The quantitative estimate of drug-likeness (QED) is 0.637. The van der Waals surface area contributed by atoms with Gasteiger partial charge < -0.3 is 5.32 Å². The van der Waals surface area contributed by atoms with Crippen LogP contribution in [0.3, 0.4) is 0 Å². The van der Waals surface area contributed by atoms with Gasteiger partial charge in [-0.15, -0.1) is 11.3 Å². The van der Waals surface area contributed by atoms with Crippen LogP contribution in [0.4, 0.5) is 0 Å². The number of thiophene rings is 1. The van der Waals surface area contributed by atoms with E-state index in [1.165, 1.54) is 41.5 Å². The van der Waals surface area contributed by atoms with Crippen molar-refractivity contribution in [3.05, 3.63) is 16.8 Å². The minimum absolute atomic E-state index is 0.135. The molecule has 0 aromatic carbocycles. The number of hydrogen-bond donors (Lipinski definition) is 1. The van der Waals surface area contributed by atoms with E-state index < -0.39 is 0 Å². The molecule has 4 nitrogen and oxygen atoms in total. The van der Waals surface area contributed by atoms with Crippen molar-refractivity contribution >= 4 is 39.2 Å². The Morgan fingerprint density at radius 1 is 1.28 bits per heavy atom. The maximum absolute atomic E-state index is 12.7. The van der Waals surface area contributed by atoms with Gasteiger partial charge in [0.1, 0.15) is 16.2 Å². The molecule has 3 atom stereocenters. The van der Waals surface area contributed by atoms with Gasteiger partial charge in [0.2, 0.25) is 5.91 Å². The average molecular weight is 376 g/mol. The minimum Gasteiger partial charge on any atom is -0.352 e. The molecule has 25 heavy (non-hydrogen) atoms. The predicted octanol–water partition coefficient (Wildman–Crippen LogP) is 4.36. The molecule has 0 aliphatic heterocycles. The van der Waals surface area contributed by atoms with Gasteiger partial charge in [0, 0.05) is 16.3 Å². The highest BCUT2D eigenvalue weighted by Crippen LogP contribution is 2.40. The van der Waals surface area contributed by atoms with Crippen LogP contribution in [0.15, 0.2) is 11.4 Å². The van der Waals surface area contributed by atoms with Gasteiger partial charge >= 0.3 is 0 Å². The summed E-state index contributed by atoms with van der Waals surface area (Å²) in [6.45, 7) is 4.25. The highest BCUT2D eigenvalue weighted by Gasteiger charge is 2.27. The Morgan fingerprint density at radius 2 is 2.12 bits per heavy atom. The lowest BCUT2D eigenvalue weighted by Crippen LogP contribution is -2.44. The Kier molecular flexibility index (Phi) is 5.00. The molecule has 4 rings (SSSR count). The van der Waals surface area contributed by atoms with Gasteiger partial charge in [-0.1, -0.05) is 31.5 Å². The molecule has 0 bridgehead atoms. The zero-order chi connectivity index (χ0) is 17.4. The molecule has 2 aliphatic carbocycles. The van der Waals surface area contributed by atoms with Crippen LogP contribution in [-0.4, -0.2) is 27.2 Å². The van der Waals surface area contributed by atoms with E-state index in [0.29, 0.717) is 12.0 Å². The van der Waals surface area contributed by atoms with E-state index in [1.807, 2.05) is 6.92 Å². The normalized spacial score (nSPS) is 24.2. The zero-order valence-electron chi connectivity index (χ0n) is 14.9. The standard InChI is InChI=1S/C19H25N3OS2/c1-11-6-3-4-8-14(11)22-17(23)12(2)24-18-16-13-7-5-9-15(13)25-19(16)21-10-20-18/h10-12,14H,3-9H2,1-2H3,(H,22,23). The topological polar surface area (TPSA) is 54.9 Å². The van der Waals surface area contributed by atoms with Crippen LogP contribution >= 0.6 is 23.1 Å². The Balaban J connectivity index is 1.50. The summed E-state index contributed by atoms with van der Waals surface area (Å²) in [7, 11) is 0. The number of carbonyl (C=O) groups excluding carboxylic acids is 1. The molecule has 0 radical (unpaired) electrons. The monoisotopic (exact) mass is 375 g/mol. The number of fused-ring (bicyclic) bond motifs is 3. The van der Waals surface area contributed by atoms with Crippen LogP contribution < -0.4 is 5.32 Å². The molecular formula is C19H25N3OS2. The van der Waals surface area contributed by atoms with Crippen LogP contribution in [0.1, 0.15) is 56.4 Å². The number of carbonyl (C=O) groups is 1. The van der Waals surface area contributed by atoms with Crippen LogP contribution in [0.25, 0.3) is 10.2 Å². The Hall–Kier alpha value is -1.14. The van der Waals surface area contributed by atoms with Gasteiger partial charge in [-0.25, -0.2) is 9.97 Å². The number of aromatic nitrogens is 2. The van der Waals surface area contributed by atoms with E-state index >= 15 is 0 Å². The van der Waals surface area contributed by atoms with Crippen molar-refractivity contribution in [2.24, 2.45) is 5.92 Å².